The molecule has 0 fully saturated rings. The topological polar surface area (TPSA) is 83.5 Å². The maximum Gasteiger partial charge on any atom is 0.223 e. The van der Waals surface area contributed by atoms with Crippen molar-refractivity contribution in [2.45, 2.75) is 26.7 Å². The van der Waals surface area contributed by atoms with Crippen LogP contribution in [0.15, 0.2) is 0 Å². The van der Waals surface area contributed by atoms with Crippen molar-refractivity contribution in [1.82, 2.24) is 4.13 Å². The zero-order chi connectivity index (χ0) is 10.5. The van der Waals surface area contributed by atoms with Crippen molar-refractivity contribution in [3.63, 3.8) is 0 Å². The van der Waals surface area contributed by atoms with Crippen LogP contribution in [-0.2, 0) is 20.0 Å². The first kappa shape index (κ1) is 12.9. The molecule has 13 heavy (non-hydrogen) atoms. The van der Waals surface area contributed by atoms with Gasteiger partial charge in [-0.25, -0.2) is 12.6 Å². The summed E-state index contributed by atoms with van der Waals surface area (Å²) in [4.78, 5) is 0. The van der Waals surface area contributed by atoms with Gasteiger partial charge in [0, 0.05) is 5.37 Å². The van der Waals surface area contributed by atoms with Gasteiger partial charge in [-0.1, -0.05) is 13.8 Å². The van der Waals surface area contributed by atoms with Crippen LogP contribution in [0, 0.1) is 0 Å². The highest BCUT2D eigenvalue weighted by molar-refractivity contribution is 8.07. The first-order valence-corrected chi connectivity index (χ1v) is 7.17. The van der Waals surface area contributed by atoms with Crippen LogP contribution in [0.2, 0.25) is 0 Å². The van der Waals surface area contributed by atoms with Crippen LogP contribution in [0.4, 0.5) is 0 Å². The van der Waals surface area contributed by atoms with Crippen LogP contribution in [0.25, 0.3) is 0 Å². The molecule has 5 nitrogen and oxygen atoms in total. The third-order valence-corrected chi connectivity index (χ3v) is 4.81. The molecule has 0 aliphatic carbocycles. The number of hydrogen-bond acceptors (Lipinski definition) is 3. The van der Waals surface area contributed by atoms with E-state index in [-0.39, 0.29) is 5.75 Å². The van der Waals surface area contributed by atoms with Crippen molar-refractivity contribution in [3.8, 4) is 0 Å². The molecule has 0 rings (SSSR count). The third kappa shape index (κ3) is 6.03. The summed E-state index contributed by atoms with van der Waals surface area (Å²) in [5.74, 6) is -0.137. The Bertz CT molecular complexity index is 351. The molecule has 0 aliphatic heterocycles. The Balaban J connectivity index is 4.64. The zero-order valence-electron chi connectivity index (χ0n) is 7.69. The van der Waals surface area contributed by atoms with Crippen molar-refractivity contribution >= 4 is 25.4 Å². The lowest BCUT2D eigenvalue weighted by Crippen LogP contribution is -2.32. The smallest absolute Gasteiger partial charge is 0.223 e. The summed E-state index contributed by atoms with van der Waals surface area (Å²) in [5.41, 5.74) is 0. The van der Waals surface area contributed by atoms with Gasteiger partial charge in [0.1, 0.15) is 0 Å². The molecule has 1 atom stereocenters. The lowest BCUT2D eigenvalue weighted by atomic mass is 10.6. The van der Waals surface area contributed by atoms with Crippen molar-refractivity contribution < 1.29 is 17.2 Å². The van der Waals surface area contributed by atoms with E-state index in [0.29, 0.717) is 12.8 Å². The van der Waals surface area contributed by atoms with Crippen molar-refractivity contribution in [1.29, 1.82) is 0 Å². The minimum absolute atomic E-state index is 0.137. The van der Waals surface area contributed by atoms with Gasteiger partial charge in [0.15, 0.2) is 9.99 Å². The minimum atomic E-state index is -3.62. The van der Waals surface area contributed by atoms with E-state index in [1.54, 1.807) is 18.0 Å². The van der Waals surface area contributed by atoms with Crippen molar-refractivity contribution in [3.05, 3.63) is 0 Å². The lowest BCUT2D eigenvalue weighted by Gasteiger charge is -2.05. The van der Waals surface area contributed by atoms with E-state index in [9.17, 15) is 12.6 Å². The average molecular weight is 229 g/mol. The summed E-state index contributed by atoms with van der Waals surface area (Å²) in [6.07, 6.45) is 0.751. The second-order valence-electron chi connectivity index (χ2n) is 2.55. The highest BCUT2D eigenvalue weighted by atomic mass is 32.3. The molecule has 0 aromatic rings. The second-order valence-corrected chi connectivity index (χ2v) is 6.32. The van der Waals surface area contributed by atoms with Gasteiger partial charge in [0.05, 0.1) is 5.75 Å². The quantitative estimate of drug-likeness (QED) is 0.660. The normalized spacial score (nSPS) is 16.5. The highest BCUT2D eigenvalue weighted by Crippen LogP contribution is 1.92. The van der Waals surface area contributed by atoms with Crippen molar-refractivity contribution in [2.75, 3.05) is 5.75 Å². The molecule has 0 aromatic carbocycles. The van der Waals surface area contributed by atoms with Crippen LogP contribution in [0.1, 0.15) is 26.7 Å². The molecule has 0 spiro atoms. The predicted molar refractivity (Wildman–Crippen MR) is 54.3 cm³/mol. The van der Waals surface area contributed by atoms with E-state index in [0.717, 1.165) is 5.37 Å². The maximum atomic E-state index is 11.1. The first-order chi connectivity index (χ1) is 5.83. The fourth-order valence-electron chi connectivity index (χ4n) is 0.752. The number of nitrogens with one attached hydrogen (secondary N) is 1. The Labute approximate surface area is 79.6 Å². The predicted octanol–water partition coefficient (Wildman–Crippen LogP) is 0.200. The monoisotopic (exact) mass is 229 g/mol. The lowest BCUT2D eigenvalue weighted by molar-refractivity contribution is 0.549. The second kappa shape index (κ2) is 4.94. The highest BCUT2D eigenvalue weighted by Gasteiger charge is 2.13. The standard InChI is InChI=1S/C6H15NO4S2/c1-3-5-12(8,9)7-13(10,11)6-4-2/h5H,3-4,6H2,1-2H3,(H2,7,8,9). The van der Waals surface area contributed by atoms with Gasteiger partial charge in [-0.15, -0.1) is 4.13 Å². The Morgan fingerprint density at radius 2 is 1.85 bits per heavy atom. The molecule has 7 heteroatoms. The summed E-state index contributed by atoms with van der Waals surface area (Å²) >= 11 is 0. The number of hydrogen-bond donors (Lipinski definition) is 2. The summed E-state index contributed by atoms with van der Waals surface area (Å²) < 4.78 is 44.0. The molecule has 80 valence electrons. The molecule has 0 bridgehead atoms. The van der Waals surface area contributed by atoms with Gasteiger partial charge < -0.3 is 4.55 Å². The van der Waals surface area contributed by atoms with E-state index in [4.69, 9.17) is 4.55 Å². The molecule has 0 aromatic heterocycles. The Hall–Kier alpha value is -0.110. The van der Waals surface area contributed by atoms with Gasteiger partial charge in [0.25, 0.3) is 0 Å². The number of rotatable bonds is 5. The molecule has 0 aliphatic rings. The van der Waals surface area contributed by atoms with Gasteiger partial charge >= 0.3 is 0 Å². The SMILES string of the molecule is CCC=S(=O)(O)NS(=O)(=O)CCC. The Morgan fingerprint density at radius 1 is 1.31 bits per heavy atom. The summed E-state index contributed by atoms with van der Waals surface area (Å²) in [6, 6.07) is 0. The Kier molecular flexibility index (Phi) is 4.90. The maximum absolute atomic E-state index is 11.1. The molecular formula is C6H15NO4S2. The van der Waals surface area contributed by atoms with Gasteiger partial charge in [-0.3, -0.25) is 0 Å². The summed E-state index contributed by atoms with van der Waals surface area (Å²) in [7, 11) is -7.14. The zero-order valence-corrected chi connectivity index (χ0v) is 9.32. The fourth-order valence-corrected chi connectivity index (χ4v) is 3.80. The van der Waals surface area contributed by atoms with E-state index < -0.39 is 20.0 Å². The molecule has 1 unspecified atom stereocenters. The third-order valence-electron chi connectivity index (χ3n) is 1.11. The molecule has 2 N–H and O–H groups in total. The molecule has 0 radical (unpaired) electrons. The molecular weight excluding hydrogens is 214 g/mol. The first-order valence-electron chi connectivity index (χ1n) is 3.94. The van der Waals surface area contributed by atoms with E-state index in [1.807, 2.05) is 0 Å². The van der Waals surface area contributed by atoms with E-state index in [2.05, 4.69) is 0 Å². The molecule has 0 amide bonds. The van der Waals surface area contributed by atoms with Crippen LogP contribution in [0.3, 0.4) is 0 Å². The number of sulfonamides is 1. The van der Waals surface area contributed by atoms with Gasteiger partial charge in [-0.05, 0) is 12.8 Å². The molecule has 0 heterocycles. The van der Waals surface area contributed by atoms with Crippen LogP contribution in [-0.4, -0.2) is 28.3 Å². The fraction of sp³-hybridized carbons (Fsp3) is 0.833. The average Bonchev–Trinajstić information content (AvgIpc) is 1.82. The van der Waals surface area contributed by atoms with Gasteiger partial charge in [0.2, 0.25) is 10.0 Å². The molecule has 0 saturated carbocycles. The minimum Gasteiger partial charge on any atom is -0.302 e. The Morgan fingerprint density at radius 3 is 2.23 bits per heavy atom. The van der Waals surface area contributed by atoms with Crippen LogP contribution >= 0.6 is 0 Å². The molecule has 0 saturated heterocycles. The summed E-state index contributed by atoms with van der Waals surface area (Å²) in [5, 5.41) is 1.04. The van der Waals surface area contributed by atoms with E-state index in [1.165, 1.54) is 0 Å². The largest absolute Gasteiger partial charge is 0.302 e. The van der Waals surface area contributed by atoms with Crippen LogP contribution in [0.5, 0.6) is 0 Å². The van der Waals surface area contributed by atoms with Crippen LogP contribution < -0.4 is 4.13 Å². The van der Waals surface area contributed by atoms with Crippen molar-refractivity contribution in [2.24, 2.45) is 0 Å². The van der Waals surface area contributed by atoms with E-state index >= 15 is 0 Å². The van der Waals surface area contributed by atoms with Gasteiger partial charge in [-0.2, -0.15) is 0 Å². The summed E-state index contributed by atoms with van der Waals surface area (Å²) in [6.45, 7) is 3.34.